The van der Waals surface area contributed by atoms with Gasteiger partial charge in [0.25, 0.3) is 0 Å². The first-order valence-corrected chi connectivity index (χ1v) is 7.56. The summed E-state index contributed by atoms with van der Waals surface area (Å²) < 4.78 is 5.22. The Morgan fingerprint density at radius 1 is 1.43 bits per heavy atom. The largest absolute Gasteiger partial charge is 0.495 e. The van der Waals surface area contributed by atoms with E-state index in [2.05, 4.69) is 15.6 Å². The van der Waals surface area contributed by atoms with Crippen LogP contribution in [0.1, 0.15) is 31.7 Å². The Balaban J connectivity index is 0.00000264. The van der Waals surface area contributed by atoms with Crippen molar-refractivity contribution in [1.82, 2.24) is 5.32 Å². The molecule has 0 aromatic heterocycles. The van der Waals surface area contributed by atoms with E-state index in [1.807, 2.05) is 18.2 Å². The summed E-state index contributed by atoms with van der Waals surface area (Å²) in [4.78, 5) is 15.5. The van der Waals surface area contributed by atoms with Crippen LogP contribution in [0, 0.1) is 5.92 Å². The molecule has 4 N–H and O–H groups in total. The van der Waals surface area contributed by atoms with Crippen molar-refractivity contribution in [3.8, 4) is 5.75 Å². The Morgan fingerprint density at radius 2 is 2.17 bits per heavy atom. The summed E-state index contributed by atoms with van der Waals surface area (Å²) >= 11 is 0. The summed E-state index contributed by atoms with van der Waals surface area (Å²) in [6, 6.07) is 5.57. The summed E-state index contributed by atoms with van der Waals surface area (Å²) in [5, 5.41) is 5.91. The minimum absolute atomic E-state index is 0. The molecular formula is C16H25IN4O2. The standard InChI is InChI=1S/C16H24N4O2.HI/c1-11(21)20-14-8-13(6-7-15(14)22-2)10-19-16(17)18-9-12-4-3-5-12;/h6-8,12H,3-5,9-10H2,1-2H3,(H,20,21)(H3,17,18,19);1H. The normalized spacial score (nSPS) is 14.4. The number of carbonyl (C=O) groups excluding carboxylic acids is 1. The molecule has 7 heteroatoms. The molecular weight excluding hydrogens is 407 g/mol. The third kappa shape index (κ3) is 6.25. The topological polar surface area (TPSA) is 88.7 Å². The number of benzene rings is 1. The number of nitrogens with one attached hydrogen (secondary N) is 2. The summed E-state index contributed by atoms with van der Waals surface area (Å²) in [6.45, 7) is 2.82. The number of carbonyl (C=O) groups is 1. The lowest BCUT2D eigenvalue weighted by Gasteiger charge is -2.25. The molecule has 1 aliphatic carbocycles. The number of hydrogen-bond acceptors (Lipinski definition) is 3. The molecule has 1 saturated carbocycles. The van der Waals surface area contributed by atoms with E-state index in [0.29, 0.717) is 23.9 Å². The molecule has 0 atom stereocenters. The van der Waals surface area contributed by atoms with E-state index >= 15 is 0 Å². The van der Waals surface area contributed by atoms with Gasteiger partial charge in [-0.05, 0) is 36.5 Å². The molecule has 0 radical (unpaired) electrons. The van der Waals surface area contributed by atoms with Crippen molar-refractivity contribution in [3.63, 3.8) is 0 Å². The van der Waals surface area contributed by atoms with Crippen molar-refractivity contribution in [2.45, 2.75) is 32.7 Å². The Labute approximate surface area is 154 Å². The molecule has 0 spiro atoms. The van der Waals surface area contributed by atoms with E-state index in [9.17, 15) is 4.79 Å². The van der Waals surface area contributed by atoms with Crippen molar-refractivity contribution in [3.05, 3.63) is 23.8 Å². The van der Waals surface area contributed by atoms with Crippen molar-refractivity contribution >= 4 is 41.5 Å². The van der Waals surface area contributed by atoms with Crippen LogP contribution in [-0.2, 0) is 11.3 Å². The van der Waals surface area contributed by atoms with Gasteiger partial charge in [-0.3, -0.25) is 4.79 Å². The molecule has 0 bridgehead atoms. The SMILES string of the molecule is COc1ccc(CN=C(N)NCC2CCC2)cc1NC(C)=O.I. The summed E-state index contributed by atoms with van der Waals surface area (Å²) in [7, 11) is 1.57. The monoisotopic (exact) mass is 432 g/mol. The predicted octanol–water partition coefficient (Wildman–Crippen LogP) is 2.48. The molecule has 1 aromatic carbocycles. The van der Waals surface area contributed by atoms with Gasteiger partial charge in [-0.15, -0.1) is 24.0 Å². The first kappa shape index (κ1) is 19.5. The number of methoxy groups -OCH3 is 1. The number of hydrogen-bond donors (Lipinski definition) is 3. The van der Waals surface area contributed by atoms with Gasteiger partial charge < -0.3 is 21.1 Å². The molecule has 2 rings (SSSR count). The van der Waals surface area contributed by atoms with E-state index in [1.165, 1.54) is 26.2 Å². The molecule has 0 unspecified atom stereocenters. The molecule has 0 heterocycles. The zero-order valence-corrected chi connectivity index (χ0v) is 15.9. The average molecular weight is 432 g/mol. The van der Waals surface area contributed by atoms with E-state index in [0.717, 1.165) is 18.0 Å². The molecule has 23 heavy (non-hydrogen) atoms. The van der Waals surface area contributed by atoms with Crippen LogP contribution in [0.15, 0.2) is 23.2 Å². The van der Waals surface area contributed by atoms with Gasteiger partial charge in [0.15, 0.2) is 5.96 Å². The second kappa shape index (κ2) is 9.59. The number of guanidine groups is 1. The number of halogens is 1. The Hall–Kier alpha value is -1.51. The Morgan fingerprint density at radius 3 is 2.74 bits per heavy atom. The number of anilines is 1. The van der Waals surface area contributed by atoms with Crippen LogP contribution in [-0.4, -0.2) is 25.5 Å². The second-order valence-electron chi connectivity index (χ2n) is 5.60. The lowest BCUT2D eigenvalue weighted by atomic mass is 9.85. The maximum absolute atomic E-state index is 11.2. The number of rotatable bonds is 6. The molecule has 1 amide bonds. The van der Waals surface area contributed by atoms with E-state index in [4.69, 9.17) is 10.5 Å². The van der Waals surface area contributed by atoms with Crippen molar-refractivity contribution < 1.29 is 9.53 Å². The predicted molar refractivity (Wildman–Crippen MR) is 103 cm³/mol. The smallest absolute Gasteiger partial charge is 0.221 e. The highest BCUT2D eigenvalue weighted by molar-refractivity contribution is 14.0. The van der Waals surface area contributed by atoms with Gasteiger partial charge in [0, 0.05) is 13.5 Å². The van der Waals surface area contributed by atoms with Gasteiger partial charge in [-0.2, -0.15) is 0 Å². The first-order chi connectivity index (χ1) is 10.6. The number of aliphatic imine (C=N–C) groups is 1. The van der Waals surface area contributed by atoms with Gasteiger partial charge in [0.1, 0.15) is 5.75 Å². The Kier molecular flexibility index (Phi) is 8.15. The maximum Gasteiger partial charge on any atom is 0.221 e. The zero-order chi connectivity index (χ0) is 15.9. The molecule has 0 aliphatic heterocycles. The van der Waals surface area contributed by atoms with Gasteiger partial charge in [-0.25, -0.2) is 4.99 Å². The van der Waals surface area contributed by atoms with Crippen LogP contribution in [0.3, 0.4) is 0 Å². The van der Waals surface area contributed by atoms with Crippen LogP contribution < -0.4 is 21.1 Å². The summed E-state index contributed by atoms with van der Waals surface area (Å²) in [5.74, 6) is 1.68. The number of nitrogens with two attached hydrogens (primary N) is 1. The highest BCUT2D eigenvalue weighted by Crippen LogP contribution is 2.26. The number of amides is 1. The van der Waals surface area contributed by atoms with Gasteiger partial charge in [0.2, 0.25) is 5.91 Å². The number of ether oxygens (including phenoxy) is 1. The third-order valence-corrected chi connectivity index (χ3v) is 3.80. The fraction of sp³-hybridized carbons (Fsp3) is 0.500. The van der Waals surface area contributed by atoms with Crippen LogP contribution in [0.25, 0.3) is 0 Å². The fourth-order valence-corrected chi connectivity index (χ4v) is 2.32. The zero-order valence-electron chi connectivity index (χ0n) is 13.6. The number of nitrogens with zero attached hydrogens (tertiary/aromatic N) is 1. The minimum atomic E-state index is -0.138. The summed E-state index contributed by atoms with van der Waals surface area (Å²) in [6.07, 6.45) is 3.87. The molecule has 1 aliphatic rings. The van der Waals surface area contributed by atoms with Crippen LogP contribution >= 0.6 is 24.0 Å². The van der Waals surface area contributed by atoms with Crippen LogP contribution in [0.5, 0.6) is 5.75 Å². The highest BCUT2D eigenvalue weighted by atomic mass is 127. The fourth-order valence-electron chi connectivity index (χ4n) is 2.32. The molecule has 0 saturated heterocycles. The van der Waals surface area contributed by atoms with Gasteiger partial charge in [-0.1, -0.05) is 12.5 Å². The van der Waals surface area contributed by atoms with Crippen molar-refractivity contribution in [2.24, 2.45) is 16.6 Å². The van der Waals surface area contributed by atoms with E-state index < -0.39 is 0 Å². The second-order valence-corrected chi connectivity index (χ2v) is 5.60. The minimum Gasteiger partial charge on any atom is -0.495 e. The van der Waals surface area contributed by atoms with Crippen LogP contribution in [0.2, 0.25) is 0 Å². The van der Waals surface area contributed by atoms with E-state index in [-0.39, 0.29) is 29.9 Å². The first-order valence-electron chi connectivity index (χ1n) is 7.56. The average Bonchev–Trinajstić information content (AvgIpc) is 2.43. The van der Waals surface area contributed by atoms with Gasteiger partial charge >= 0.3 is 0 Å². The summed E-state index contributed by atoms with van der Waals surface area (Å²) in [5.41, 5.74) is 7.47. The van der Waals surface area contributed by atoms with Crippen molar-refractivity contribution in [2.75, 3.05) is 19.0 Å². The maximum atomic E-state index is 11.2. The molecule has 128 valence electrons. The lowest BCUT2D eigenvalue weighted by molar-refractivity contribution is -0.114. The van der Waals surface area contributed by atoms with Crippen LogP contribution in [0.4, 0.5) is 5.69 Å². The Bertz CT molecular complexity index is 559. The quantitative estimate of drug-likeness (QED) is 0.366. The molecule has 1 aromatic rings. The molecule has 1 fully saturated rings. The van der Waals surface area contributed by atoms with Gasteiger partial charge in [0.05, 0.1) is 19.3 Å². The van der Waals surface area contributed by atoms with E-state index in [1.54, 1.807) is 7.11 Å². The van der Waals surface area contributed by atoms with Crippen molar-refractivity contribution in [1.29, 1.82) is 0 Å². The highest BCUT2D eigenvalue weighted by Gasteiger charge is 2.16. The lowest BCUT2D eigenvalue weighted by Crippen LogP contribution is -2.37. The molecule has 6 nitrogen and oxygen atoms in total. The third-order valence-electron chi connectivity index (χ3n) is 3.80.